The van der Waals surface area contributed by atoms with Gasteiger partial charge in [0.2, 0.25) is 0 Å². The number of terminal acetylenes is 1. The van der Waals surface area contributed by atoms with Gasteiger partial charge >= 0.3 is 0 Å². The average Bonchev–Trinajstić information content (AvgIpc) is 2.32. The average molecular weight is 279 g/mol. The lowest BCUT2D eigenvalue weighted by Gasteiger charge is -2.15. The molecule has 1 aromatic heterocycles. The maximum atomic E-state index is 11.8. The second-order valence-corrected chi connectivity index (χ2v) is 11.3. The van der Waals surface area contributed by atoms with Gasteiger partial charge < -0.3 is 14.0 Å². The Morgan fingerprint density at radius 2 is 2.11 bits per heavy atom. The van der Waals surface area contributed by atoms with Crippen LogP contribution >= 0.6 is 0 Å². The van der Waals surface area contributed by atoms with Crippen LogP contribution in [0, 0.1) is 12.3 Å². The van der Waals surface area contributed by atoms with Gasteiger partial charge in [-0.1, -0.05) is 25.6 Å². The Morgan fingerprint density at radius 3 is 2.68 bits per heavy atom. The van der Waals surface area contributed by atoms with Gasteiger partial charge in [-0.3, -0.25) is 4.79 Å². The van der Waals surface area contributed by atoms with Crippen LogP contribution in [0.3, 0.4) is 0 Å². The van der Waals surface area contributed by atoms with Gasteiger partial charge in [0.05, 0.1) is 0 Å². The van der Waals surface area contributed by atoms with Crippen LogP contribution in [-0.4, -0.2) is 26.0 Å². The molecule has 0 aliphatic rings. The van der Waals surface area contributed by atoms with Gasteiger partial charge in [0.15, 0.2) is 12.5 Å². The minimum absolute atomic E-state index is 0.0771. The van der Waals surface area contributed by atoms with Crippen LogP contribution in [0.25, 0.3) is 0 Å². The van der Waals surface area contributed by atoms with Crippen LogP contribution in [0.2, 0.25) is 25.7 Å². The van der Waals surface area contributed by atoms with E-state index in [2.05, 4.69) is 25.6 Å². The molecular weight excluding hydrogens is 258 g/mol. The quantitative estimate of drug-likeness (QED) is 0.346. The largest absolute Gasteiger partial charge is 0.462 e. The molecule has 0 N–H and O–H groups in total. The van der Waals surface area contributed by atoms with Crippen molar-refractivity contribution in [3.8, 4) is 18.1 Å². The molecule has 0 unspecified atom stereocenters. The third-order valence-corrected chi connectivity index (χ3v) is 4.32. The summed E-state index contributed by atoms with van der Waals surface area (Å²) >= 11 is 0. The number of nitrogens with zero attached hydrogens (tertiary/aromatic N) is 1. The monoisotopic (exact) mass is 279 g/mol. The van der Waals surface area contributed by atoms with Crippen molar-refractivity contribution in [3.05, 3.63) is 28.2 Å². The smallest absolute Gasteiger partial charge is 0.292 e. The van der Waals surface area contributed by atoms with Crippen molar-refractivity contribution in [2.24, 2.45) is 7.05 Å². The third-order valence-electron chi connectivity index (χ3n) is 2.61. The second kappa shape index (κ2) is 6.59. The molecule has 0 spiro atoms. The minimum atomic E-state index is -1.09. The Labute approximate surface area is 115 Å². The van der Waals surface area contributed by atoms with Crippen LogP contribution in [0.5, 0.6) is 5.75 Å². The van der Waals surface area contributed by atoms with Crippen LogP contribution in [0.15, 0.2) is 17.1 Å². The first kappa shape index (κ1) is 15.5. The maximum absolute atomic E-state index is 11.8. The predicted molar refractivity (Wildman–Crippen MR) is 79.2 cm³/mol. The molecule has 0 aliphatic heterocycles. The lowest BCUT2D eigenvalue weighted by Crippen LogP contribution is -2.23. The molecule has 0 fully saturated rings. The lowest BCUT2D eigenvalue weighted by molar-refractivity contribution is 0.0209. The summed E-state index contributed by atoms with van der Waals surface area (Å²) in [4.78, 5) is 11.8. The molecular formula is C14H21NO3Si. The van der Waals surface area contributed by atoms with Crippen molar-refractivity contribution in [3.63, 3.8) is 0 Å². The first-order valence-corrected chi connectivity index (χ1v) is 9.92. The Bertz CT molecular complexity index is 523. The van der Waals surface area contributed by atoms with E-state index in [1.54, 1.807) is 19.3 Å². The van der Waals surface area contributed by atoms with E-state index in [4.69, 9.17) is 15.9 Å². The zero-order chi connectivity index (χ0) is 14.5. The number of pyridine rings is 1. The normalized spacial score (nSPS) is 11.1. The van der Waals surface area contributed by atoms with Gasteiger partial charge in [-0.25, -0.2) is 0 Å². The number of aromatic nitrogens is 1. The second-order valence-electron chi connectivity index (χ2n) is 5.63. The molecule has 1 aromatic rings. The number of hydrogen-bond donors (Lipinski definition) is 0. The molecule has 0 atom stereocenters. The molecule has 104 valence electrons. The van der Waals surface area contributed by atoms with Gasteiger partial charge in [0.1, 0.15) is 0 Å². The van der Waals surface area contributed by atoms with Crippen molar-refractivity contribution in [1.29, 1.82) is 0 Å². The topological polar surface area (TPSA) is 40.5 Å². The number of rotatable bonds is 6. The highest BCUT2D eigenvalue weighted by Crippen LogP contribution is 2.09. The fourth-order valence-corrected chi connectivity index (χ4v) is 2.16. The Hall–Kier alpha value is -1.51. The van der Waals surface area contributed by atoms with Crippen molar-refractivity contribution in [1.82, 2.24) is 4.57 Å². The molecule has 0 amide bonds. The summed E-state index contributed by atoms with van der Waals surface area (Å²) in [7, 11) is 0.547. The molecule has 0 aliphatic carbocycles. The van der Waals surface area contributed by atoms with E-state index >= 15 is 0 Å². The summed E-state index contributed by atoms with van der Waals surface area (Å²) in [5.74, 6) is 2.71. The maximum Gasteiger partial charge on any atom is 0.292 e. The zero-order valence-electron chi connectivity index (χ0n) is 12.0. The standard InChI is InChI=1S/C14H21NO3Si/c1-6-12-9-13(14(16)15(2)10-12)18-11-17-7-8-19(3,4)5/h1,9-10H,7-8,11H2,2-5H3. The minimum Gasteiger partial charge on any atom is -0.462 e. The van der Waals surface area contributed by atoms with E-state index in [0.717, 1.165) is 6.04 Å². The highest BCUT2D eigenvalue weighted by atomic mass is 28.3. The van der Waals surface area contributed by atoms with E-state index in [0.29, 0.717) is 12.2 Å². The summed E-state index contributed by atoms with van der Waals surface area (Å²) in [5.41, 5.74) is 0.395. The van der Waals surface area contributed by atoms with Crippen molar-refractivity contribution < 1.29 is 9.47 Å². The number of ether oxygens (including phenoxy) is 2. The van der Waals surface area contributed by atoms with Crippen LogP contribution in [-0.2, 0) is 11.8 Å². The molecule has 19 heavy (non-hydrogen) atoms. The first-order chi connectivity index (χ1) is 8.83. The van der Waals surface area contributed by atoms with Crippen LogP contribution in [0.1, 0.15) is 5.56 Å². The molecule has 0 radical (unpaired) electrons. The van der Waals surface area contributed by atoms with Gasteiger partial charge in [-0.2, -0.15) is 0 Å². The number of hydrogen-bond acceptors (Lipinski definition) is 3. The summed E-state index contributed by atoms with van der Waals surface area (Å²) in [6.07, 6.45) is 6.91. The summed E-state index contributed by atoms with van der Waals surface area (Å²) in [6, 6.07) is 2.63. The van der Waals surface area contributed by atoms with E-state index in [9.17, 15) is 4.79 Å². The Kier molecular flexibility index (Phi) is 5.40. The first-order valence-electron chi connectivity index (χ1n) is 6.21. The summed E-state index contributed by atoms with van der Waals surface area (Å²) in [6.45, 7) is 7.58. The SMILES string of the molecule is C#Cc1cc(OCOCC[Si](C)(C)C)c(=O)n(C)c1. The van der Waals surface area contributed by atoms with Gasteiger partial charge in [-0.15, -0.1) is 6.42 Å². The summed E-state index contributed by atoms with van der Waals surface area (Å²) < 4.78 is 12.1. The van der Waals surface area contributed by atoms with E-state index in [1.165, 1.54) is 4.57 Å². The Balaban J connectivity index is 2.53. The Morgan fingerprint density at radius 1 is 1.42 bits per heavy atom. The summed E-state index contributed by atoms with van der Waals surface area (Å²) in [5, 5.41) is 0. The number of aryl methyl sites for hydroxylation is 1. The third kappa shape index (κ3) is 5.33. The molecule has 1 heterocycles. The highest BCUT2D eigenvalue weighted by Gasteiger charge is 2.12. The molecule has 5 heteroatoms. The van der Waals surface area contributed by atoms with Crippen molar-refractivity contribution in [2.75, 3.05) is 13.4 Å². The van der Waals surface area contributed by atoms with Crippen molar-refractivity contribution >= 4 is 8.07 Å². The molecule has 1 rings (SSSR count). The van der Waals surface area contributed by atoms with Gasteiger partial charge in [-0.05, 0) is 6.04 Å². The molecule has 0 bridgehead atoms. The molecule has 0 saturated carbocycles. The van der Waals surface area contributed by atoms with E-state index in [-0.39, 0.29) is 18.1 Å². The van der Waals surface area contributed by atoms with Crippen LogP contribution < -0.4 is 10.3 Å². The molecule has 0 saturated heterocycles. The highest BCUT2D eigenvalue weighted by molar-refractivity contribution is 6.76. The fourth-order valence-electron chi connectivity index (χ4n) is 1.41. The van der Waals surface area contributed by atoms with E-state index in [1.807, 2.05) is 0 Å². The predicted octanol–water partition coefficient (Wildman–Crippen LogP) is 2.06. The van der Waals surface area contributed by atoms with Gasteiger partial charge in [0, 0.05) is 39.6 Å². The van der Waals surface area contributed by atoms with E-state index < -0.39 is 8.07 Å². The molecule has 0 aromatic carbocycles. The van der Waals surface area contributed by atoms with Crippen LogP contribution in [0.4, 0.5) is 0 Å². The van der Waals surface area contributed by atoms with Crippen molar-refractivity contribution in [2.45, 2.75) is 25.7 Å². The lowest BCUT2D eigenvalue weighted by atomic mass is 10.3. The zero-order valence-corrected chi connectivity index (χ0v) is 13.0. The fraction of sp³-hybridized carbons (Fsp3) is 0.500. The van der Waals surface area contributed by atoms with Gasteiger partial charge in [0.25, 0.3) is 5.56 Å². The molecule has 4 nitrogen and oxygen atoms in total.